The molecule has 1 N–H and O–H groups in total. The molecule has 0 amide bonds. The zero-order valence-corrected chi connectivity index (χ0v) is 16.6. The van der Waals surface area contributed by atoms with Crippen molar-refractivity contribution in [2.24, 2.45) is 0 Å². The summed E-state index contributed by atoms with van der Waals surface area (Å²) in [6, 6.07) is 7.48. The molecule has 1 aromatic heterocycles. The molecule has 0 atom stereocenters. The van der Waals surface area contributed by atoms with E-state index in [0.29, 0.717) is 10.3 Å². The number of carbonyl (C=O) groups excluding carboxylic acids is 1. The molecule has 128 valence electrons. The van der Waals surface area contributed by atoms with E-state index >= 15 is 0 Å². The standard InChI is InChI=1S/C16H17Br2N3O3/c1-16(2,3)24-13(22)9-21-8-11(18)14(20-15(21)23)19-12-7-5-4-6-10(12)17/h4-8H,9H2,1-3H3,(H,19,20,23). The van der Waals surface area contributed by atoms with Crippen LogP contribution in [0.1, 0.15) is 20.8 Å². The van der Waals surface area contributed by atoms with E-state index in [1.54, 1.807) is 20.8 Å². The van der Waals surface area contributed by atoms with Gasteiger partial charge in [-0.1, -0.05) is 12.1 Å². The number of aromatic nitrogens is 2. The molecule has 0 spiro atoms. The minimum Gasteiger partial charge on any atom is -0.459 e. The van der Waals surface area contributed by atoms with Gasteiger partial charge in [-0.15, -0.1) is 0 Å². The topological polar surface area (TPSA) is 73.2 Å². The number of ether oxygens (including phenoxy) is 1. The van der Waals surface area contributed by atoms with Crippen molar-refractivity contribution in [1.29, 1.82) is 0 Å². The zero-order chi connectivity index (χ0) is 17.9. The lowest BCUT2D eigenvalue weighted by molar-refractivity contribution is -0.155. The molecular weight excluding hydrogens is 442 g/mol. The van der Waals surface area contributed by atoms with Crippen LogP contribution in [0, 0.1) is 0 Å². The number of carbonyl (C=O) groups is 1. The summed E-state index contributed by atoms with van der Waals surface area (Å²) in [6.07, 6.45) is 1.51. The molecule has 0 aliphatic carbocycles. The fraction of sp³-hybridized carbons (Fsp3) is 0.312. The van der Waals surface area contributed by atoms with Crippen molar-refractivity contribution < 1.29 is 9.53 Å². The van der Waals surface area contributed by atoms with Crippen LogP contribution in [0.25, 0.3) is 0 Å². The molecule has 8 heteroatoms. The highest BCUT2D eigenvalue weighted by Crippen LogP contribution is 2.27. The van der Waals surface area contributed by atoms with E-state index in [1.165, 1.54) is 10.8 Å². The summed E-state index contributed by atoms with van der Waals surface area (Å²) in [5, 5.41) is 3.07. The Kier molecular flexibility index (Phi) is 5.82. The Labute approximate surface area is 156 Å². The lowest BCUT2D eigenvalue weighted by Crippen LogP contribution is -2.31. The van der Waals surface area contributed by atoms with Crippen LogP contribution in [0.3, 0.4) is 0 Å². The predicted octanol–water partition coefficient (Wildman–Crippen LogP) is 3.85. The number of hydrogen-bond acceptors (Lipinski definition) is 5. The molecule has 2 rings (SSSR count). The molecule has 0 bridgehead atoms. The van der Waals surface area contributed by atoms with Gasteiger partial charge in [0, 0.05) is 10.7 Å². The highest BCUT2D eigenvalue weighted by molar-refractivity contribution is 9.11. The Morgan fingerprint density at radius 2 is 1.92 bits per heavy atom. The Hall–Kier alpha value is -1.67. The summed E-state index contributed by atoms with van der Waals surface area (Å²) in [5.41, 5.74) is -0.375. The summed E-state index contributed by atoms with van der Waals surface area (Å²) in [5.74, 6) is -0.128. The van der Waals surface area contributed by atoms with Crippen molar-refractivity contribution in [3.05, 3.63) is 49.9 Å². The van der Waals surface area contributed by atoms with Crippen LogP contribution < -0.4 is 11.0 Å². The molecule has 2 aromatic rings. The molecular formula is C16H17Br2N3O3. The van der Waals surface area contributed by atoms with Gasteiger partial charge in [0.25, 0.3) is 0 Å². The second-order valence-electron chi connectivity index (χ2n) is 6.04. The van der Waals surface area contributed by atoms with E-state index in [0.717, 1.165) is 10.2 Å². The molecule has 1 heterocycles. The van der Waals surface area contributed by atoms with E-state index in [-0.39, 0.29) is 6.54 Å². The van der Waals surface area contributed by atoms with Crippen LogP contribution in [0.4, 0.5) is 11.5 Å². The molecule has 0 radical (unpaired) electrons. The fourth-order valence-corrected chi connectivity index (χ4v) is 2.69. The van der Waals surface area contributed by atoms with Crippen molar-refractivity contribution in [2.45, 2.75) is 32.9 Å². The van der Waals surface area contributed by atoms with E-state index in [4.69, 9.17) is 4.74 Å². The largest absolute Gasteiger partial charge is 0.459 e. The van der Waals surface area contributed by atoms with Gasteiger partial charge >= 0.3 is 11.7 Å². The maximum Gasteiger partial charge on any atom is 0.350 e. The average molecular weight is 459 g/mol. The summed E-state index contributed by atoms with van der Waals surface area (Å²) in [6.45, 7) is 5.11. The third-order valence-corrected chi connectivity index (χ3v) is 4.07. The number of nitrogens with zero attached hydrogens (tertiary/aromatic N) is 2. The molecule has 0 saturated heterocycles. The van der Waals surface area contributed by atoms with E-state index in [2.05, 4.69) is 42.2 Å². The molecule has 6 nitrogen and oxygen atoms in total. The zero-order valence-electron chi connectivity index (χ0n) is 13.5. The Morgan fingerprint density at radius 3 is 2.54 bits per heavy atom. The van der Waals surface area contributed by atoms with Crippen molar-refractivity contribution in [2.75, 3.05) is 5.32 Å². The van der Waals surface area contributed by atoms with Gasteiger partial charge in [0.05, 0.1) is 10.2 Å². The van der Waals surface area contributed by atoms with Gasteiger partial charge in [-0.05, 0) is 64.8 Å². The number of rotatable bonds is 4. The number of esters is 1. The van der Waals surface area contributed by atoms with Crippen LogP contribution in [0.15, 0.2) is 44.2 Å². The molecule has 1 aromatic carbocycles. The second-order valence-corrected chi connectivity index (χ2v) is 7.75. The SMILES string of the molecule is CC(C)(C)OC(=O)Cn1cc(Br)c(Nc2ccccc2Br)nc1=O. The Bertz CT molecular complexity index is 813. The number of hydrogen-bond donors (Lipinski definition) is 1. The number of nitrogens with one attached hydrogen (secondary N) is 1. The Morgan fingerprint density at radius 1 is 1.25 bits per heavy atom. The number of halogens is 2. The van der Waals surface area contributed by atoms with Gasteiger partial charge in [-0.3, -0.25) is 9.36 Å². The first kappa shape index (κ1) is 18.7. The first-order chi connectivity index (χ1) is 11.2. The van der Waals surface area contributed by atoms with Crippen molar-refractivity contribution >= 4 is 49.3 Å². The fourth-order valence-electron chi connectivity index (χ4n) is 1.87. The van der Waals surface area contributed by atoms with E-state index < -0.39 is 17.3 Å². The van der Waals surface area contributed by atoms with Crippen LogP contribution in [0.2, 0.25) is 0 Å². The predicted molar refractivity (Wildman–Crippen MR) is 99.5 cm³/mol. The number of para-hydroxylation sites is 1. The van der Waals surface area contributed by atoms with Gasteiger partial charge in [-0.25, -0.2) is 4.79 Å². The van der Waals surface area contributed by atoms with Gasteiger partial charge in [0.1, 0.15) is 12.1 Å². The molecule has 0 aliphatic rings. The highest BCUT2D eigenvalue weighted by Gasteiger charge is 2.18. The van der Waals surface area contributed by atoms with Crippen molar-refractivity contribution in [3.63, 3.8) is 0 Å². The lowest BCUT2D eigenvalue weighted by Gasteiger charge is -2.19. The maximum absolute atomic E-state index is 12.1. The van der Waals surface area contributed by atoms with Crippen LogP contribution in [-0.2, 0) is 16.1 Å². The molecule has 24 heavy (non-hydrogen) atoms. The normalized spacial score (nSPS) is 11.2. The van der Waals surface area contributed by atoms with Gasteiger partial charge in [-0.2, -0.15) is 4.98 Å². The smallest absolute Gasteiger partial charge is 0.350 e. The Balaban J connectivity index is 2.21. The molecule has 0 unspecified atom stereocenters. The molecule has 0 aliphatic heterocycles. The third-order valence-electron chi connectivity index (χ3n) is 2.79. The monoisotopic (exact) mass is 457 g/mol. The molecule has 0 fully saturated rings. The van der Waals surface area contributed by atoms with Crippen LogP contribution in [-0.4, -0.2) is 21.1 Å². The quantitative estimate of drug-likeness (QED) is 0.704. The lowest BCUT2D eigenvalue weighted by atomic mass is 10.2. The van der Waals surface area contributed by atoms with Crippen molar-refractivity contribution in [3.8, 4) is 0 Å². The number of anilines is 2. The maximum atomic E-state index is 12.1. The van der Waals surface area contributed by atoms with E-state index in [1.807, 2.05) is 24.3 Å². The van der Waals surface area contributed by atoms with Crippen LogP contribution >= 0.6 is 31.9 Å². The molecule has 0 saturated carbocycles. The van der Waals surface area contributed by atoms with Crippen LogP contribution in [0.5, 0.6) is 0 Å². The van der Waals surface area contributed by atoms with E-state index in [9.17, 15) is 9.59 Å². The van der Waals surface area contributed by atoms with Gasteiger partial charge in [0.15, 0.2) is 5.82 Å². The first-order valence-electron chi connectivity index (χ1n) is 7.16. The minimum absolute atomic E-state index is 0.197. The highest BCUT2D eigenvalue weighted by atomic mass is 79.9. The summed E-state index contributed by atoms with van der Waals surface area (Å²) in [4.78, 5) is 28.0. The first-order valence-corrected chi connectivity index (χ1v) is 8.75. The second kappa shape index (κ2) is 7.48. The van der Waals surface area contributed by atoms with Gasteiger partial charge < -0.3 is 10.1 Å². The minimum atomic E-state index is -0.605. The van der Waals surface area contributed by atoms with Gasteiger partial charge in [0.2, 0.25) is 0 Å². The summed E-state index contributed by atoms with van der Waals surface area (Å²) in [7, 11) is 0. The summed E-state index contributed by atoms with van der Waals surface area (Å²) >= 11 is 6.78. The summed E-state index contributed by atoms with van der Waals surface area (Å²) < 4.78 is 7.81. The van der Waals surface area contributed by atoms with Crippen molar-refractivity contribution in [1.82, 2.24) is 9.55 Å². The average Bonchev–Trinajstić information content (AvgIpc) is 2.44. The number of benzene rings is 1. The third kappa shape index (κ3) is 5.17.